The van der Waals surface area contributed by atoms with Crippen molar-refractivity contribution in [2.45, 2.75) is 90.2 Å². The normalized spacial score (nSPS) is 15.2. The number of nitrogens with zero attached hydrogens (tertiary/aromatic N) is 3. The molecule has 2 rings (SSSR count). The number of hydrogen-bond acceptors (Lipinski definition) is 7. The van der Waals surface area contributed by atoms with Crippen molar-refractivity contribution in [3.8, 4) is 5.75 Å². The fourth-order valence-electron chi connectivity index (χ4n) is 5.01. The van der Waals surface area contributed by atoms with E-state index < -0.39 is 10.0 Å². The number of likely N-dealkylation sites (tertiary alicyclic amines) is 1. The number of sulfonamides is 1. The summed E-state index contributed by atoms with van der Waals surface area (Å²) in [5, 5.41) is 0. The molecular weight excluding hydrogens is 530 g/mol. The van der Waals surface area contributed by atoms with Gasteiger partial charge in [0.05, 0.1) is 30.8 Å². The molecule has 9 nitrogen and oxygen atoms in total. The fourth-order valence-corrected chi connectivity index (χ4v) is 6.71. The maximum absolute atomic E-state index is 13.5. The maximum atomic E-state index is 13.5. The van der Waals surface area contributed by atoms with E-state index in [9.17, 15) is 13.2 Å². The Balaban J connectivity index is 1.85. The van der Waals surface area contributed by atoms with Gasteiger partial charge in [-0.2, -0.15) is 4.31 Å². The summed E-state index contributed by atoms with van der Waals surface area (Å²) in [5.41, 5.74) is 1.98. The molecule has 10 heteroatoms. The van der Waals surface area contributed by atoms with E-state index in [1.165, 1.54) is 23.8 Å². The number of benzene rings is 1. The monoisotopic (exact) mass is 583 g/mol. The number of rotatable bonds is 18. The van der Waals surface area contributed by atoms with Crippen molar-refractivity contribution >= 4 is 15.9 Å². The lowest BCUT2D eigenvalue weighted by Crippen LogP contribution is -2.42. The second-order valence-corrected chi connectivity index (χ2v) is 13.4. The molecule has 0 saturated carbocycles. The molecule has 0 N–H and O–H groups in total. The van der Waals surface area contributed by atoms with E-state index in [4.69, 9.17) is 14.2 Å². The van der Waals surface area contributed by atoms with Crippen molar-refractivity contribution in [3.05, 3.63) is 22.8 Å². The van der Waals surface area contributed by atoms with Crippen LogP contribution in [0.3, 0.4) is 0 Å². The molecule has 1 heterocycles. The van der Waals surface area contributed by atoms with Gasteiger partial charge < -0.3 is 24.0 Å². The van der Waals surface area contributed by atoms with E-state index in [0.29, 0.717) is 22.6 Å². The van der Waals surface area contributed by atoms with E-state index in [1.54, 1.807) is 25.1 Å². The Morgan fingerprint density at radius 1 is 1.12 bits per heavy atom. The summed E-state index contributed by atoms with van der Waals surface area (Å²) < 4.78 is 45.4. The molecule has 0 aromatic heterocycles. The molecule has 1 saturated heterocycles. The summed E-state index contributed by atoms with van der Waals surface area (Å²) in [6.07, 6.45) is 4.39. The number of likely N-dealkylation sites (N-methyl/N-ethyl adjacent to an activating group) is 2. The smallest absolute Gasteiger partial charge is 0.248 e. The zero-order chi connectivity index (χ0) is 30.1. The highest BCUT2D eigenvalue weighted by Crippen LogP contribution is 2.32. The number of methoxy groups -OCH3 is 1. The Kier molecular flexibility index (Phi) is 13.4. The molecule has 40 heavy (non-hydrogen) atoms. The summed E-state index contributed by atoms with van der Waals surface area (Å²) in [4.78, 5) is 17.3. The van der Waals surface area contributed by atoms with E-state index >= 15 is 0 Å². The quantitative estimate of drug-likeness (QED) is 0.241. The Bertz CT molecular complexity index is 1070. The Hall–Kier alpha value is -1.72. The lowest BCUT2D eigenvalue weighted by molar-refractivity contribution is -0.137. The van der Waals surface area contributed by atoms with Crippen LogP contribution in [0.25, 0.3) is 0 Å². The highest BCUT2D eigenvalue weighted by Gasteiger charge is 2.28. The SMILES string of the molecule is CCc1cc(OC)c(C)c(C)c1S(=O)(=O)N(C)CCOCC(=O)N(C)[C@H](CC)CCC(C)(C)OCCN1CCC1. The summed E-state index contributed by atoms with van der Waals surface area (Å²) in [6.45, 7) is 16.2. The summed E-state index contributed by atoms with van der Waals surface area (Å²) >= 11 is 0. The number of ether oxygens (including phenoxy) is 3. The van der Waals surface area contributed by atoms with Gasteiger partial charge in [-0.05, 0) is 95.6 Å². The second-order valence-electron chi connectivity index (χ2n) is 11.5. The first-order valence-electron chi connectivity index (χ1n) is 14.6. The summed E-state index contributed by atoms with van der Waals surface area (Å²) in [7, 11) is 1.21. The topological polar surface area (TPSA) is 88.6 Å². The number of amides is 1. The van der Waals surface area contributed by atoms with Crippen molar-refractivity contribution in [1.29, 1.82) is 0 Å². The average Bonchev–Trinajstić information content (AvgIpc) is 2.88. The van der Waals surface area contributed by atoms with Gasteiger partial charge in [0.1, 0.15) is 12.4 Å². The zero-order valence-electron chi connectivity index (χ0n) is 26.3. The molecule has 0 aliphatic carbocycles. The van der Waals surface area contributed by atoms with Crippen LogP contribution in [0.15, 0.2) is 11.0 Å². The van der Waals surface area contributed by atoms with E-state index in [2.05, 4.69) is 25.7 Å². The van der Waals surface area contributed by atoms with Crippen LogP contribution in [0.2, 0.25) is 0 Å². The molecule has 0 unspecified atom stereocenters. The van der Waals surface area contributed by atoms with E-state index in [-0.39, 0.29) is 37.3 Å². The number of carbonyl (C=O) groups excluding carboxylic acids is 1. The van der Waals surface area contributed by atoms with E-state index in [0.717, 1.165) is 43.5 Å². The van der Waals surface area contributed by atoms with Gasteiger partial charge in [0.15, 0.2) is 0 Å². The highest BCUT2D eigenvalue weighted by molar-refractivity contribution is 7.89. The van der Waals surface area contributed by atoms with Gasteiger partial charge in [-0.1, -0.05) is 13.8 Å². The third-order valence-corrected chi connectivity index (χ3v) is 10.3. The minimum Gasteiger partial charge on any atom is -0.496 e. The molecule has 1 aromatic rings. The largest absolute Gasteiger partial charge is 0.496 e. The zero-order valence-corrected chi connectivity index (χ0v) is 27.2. The minimum absolute atomic E-state index is 0.0858. The van der Waals surface area contributed by atoms with Crippen molar-refractivity contribution in [2.24, 2.45) is 0 Å². The summed E-state index contributed by atoms with van der Waals surface area (Å²) in [5.74, 6) is 0.578. The maximum Gasteiger partial charge on any atom is 0.248 e. The van der Waals surface area contributed by atoms with Crippen molar-refractivity contribution < 1.29 is 27.4 Å². The third kappa shape index (κ3) is 9.14. The number of carbonyl (C=O) groups is 1. The molecule has 1 aromatic carbocycles. The van der Waals surface area contributed by atoms with Crippen molar-refractivity contribution in [3.63, 3.8) is 0 Å². The first kappa shape index (κ1) is 34.5. The van der Waals surface area contributed by atoms with Gasteiger partial charge >= 0.3 is 0 Å². The van der Waals surface area contributed by atoms with Crippen LogP contribution in [-0.4, -0.2) is 107 Å². The standard InChI is InChI=1S/C30H53N3O6S/c1-10-25-21-27(37-9)23(3)24(4)29(25)40(35,36)31(7)17-19-38-22-28(34)32(8)26(11-2)13-14-30(5,6)39-20-18-33-15-12-16-33/h21,26H,10-20,22H2,1-9H3/t26-/m1/s1. The fraction of sp³-hybridized carbons (Fsp3) is 0.767. The first-order chi connectivity index (χ1) is 18.8. The molecule has 0 spiro atoms. The molecule has 0 bridgehead atoms. The average molecular weight is 584 g/mol. The molecule has 1 amide bonds. The molecule has 230 valence electrons. The Labute approximate surface area is 243 Å². The number of hydrogen-bond donors (Lipinski definition) is 0. The van der Waals surface area contributed by atoms with Gasteiger partial charge in [-0.15, -0.1) is 0 Å². The molecule has 1 atom stereocenters. The van der Waals surface area contributed by atoms with Gasteiger partial charge in [0.2, 0.25) is 15.9 Å². The second kappa shape index (κ2) is 15.5. The van der Waals surface area contributed by atoms with Gasteiger partial charge in [0.25, 0.3) is 0 Å². The van der Waals surface area contributed by atoms with Crippen LogP contribution in [0.5, 0.6) is 5.75 Å². The number of aryl methyl sites for hydroxylation is 1. The predicted octanol–water partition coefficient (Wildman–Crippen LogP) is 4.03. The lowest BCUT2D eigenvalue weighted by atomic mass is 9.97. The lowest BCUT2D eigenvalue weighted by Gasteiger charge is -2.34. The molecule has 1 fully saturated rings. The van der Waals surface area contributed by atoms with Crippen LogP contribution < -0.4 is 4.74 Å². The van der Waals surface area contributed by atoms with Crippen LogP contribution in [0, 0.1) is 13.8 Å². The minimum atomic E-state index is -3.74. The Morgan fingerprint density at radius 3 is 2.35 bits per heavy atom. The third-order valence-electron chi connectivity index (χ3n) is 8.26. The molecule has 1 aliphatic heterocycles. The van der Waals surface area contributed by atoms with Crippen LogP contribution in [-0.2, 0) is 30.7 Å². The van der Waals surface area contributed by atoms with Gasteiger partial charge in [0, 0.05) is 33.2 Å². The van der Waals surface area contributed by atoms with Crippen molar-refractivity contribution in [1.82, 2.24) is 14.1 Å². The Morgan fingerprint density at radius 2 is 1.80 bits per heavy atom. The highest BCUT2D eigenvalue weighted by atomic mass is 32.2. The molecule has 0 radical (unpaired) electrons. The molecule has 1 aliphatic rings. The molecular formula is C30H53N3O6S. The van der Waals surface area contributed by atoms with Gasteiger partial charge in [-0.25, -0.2) is 8.42 Å². The van der Waals surface area contributed by atoms with E-state index in [1.807, 2.05) is 27.8 Å². The van der Waals surface area contributed by atoms with Crippen LogP contribution in [0.4, 0.5) is 0 Å². The van der Waals surface area contributed by atoms with Gasteiger partial charge in [-0.3, -0.25) is 4.79 Å². The van der Waals surface area contributed by atoms with Crippen molar-refractivity contribution in [2.75, 3.05) is 67.2 Å². The predicted molar refractivity (Wildman–Crippen MR) is 160 cm³/mol. The van der Waals surface area contributed by atoms with Crippen LogP contribution in [0.1, 0.15) is 70.1 Å². The summed E-state index contributed by atoms with van der Waals surface area (Å²) in [6, 6.07) is 1.89. The van der Waals surface area contributed by atoms with Crippen LogP contribution >= 0.6 is 0 Å². The first-order valence-corrected chi connectivity index (χ1v) is 16.1.